The average Bonchev–Trinajstić information content (AvgIpc) is 2.80. The van der Waals surface area contributed by atoms with Crippen molar-refractivity contribution in [3.8, 4) is 5.75 Å². The quantitative estimate of drug-likeness (QED) is 0.573. The van der Waals surface area contributed by atoms with E-state index in [9.17, 15) is 13.2 Å². The molecule has 1 aliphatic rings. The largest absolute Gasteiger partial charge is 0.496 e. The molecule has 1 heterocycles. The van der Waals surface area contributed by atoms with Crippen LogP contribution in [0.3, 0.4) is 0 Å². The lowest BCUT2D eigenvalue weighted by Gasteiger charge is -2.32. The summed E-state index contributed by atoms with van der Waals surface area (Å²) in [4.78, 5) is 14.6. The van der Waals surface area contributed by atoms with E-state index >= 15 is 0 Å². The maximum atomic E-state index is 12.2. The third kappa shape index (κ3) is 7.78. The highest BCUT2D eigenvalue weighted by atomic mass is 32.2. The minimum absolute atomic E-state index is 0.0694. The molecule has 2 aromatic carbocycles. The van der Waals surface area contributed by atoms with Crippen molar-refractivity contribution in [2.45, 2.75) is 31.8 Å². The van der Waals surface area contributed by atoms with Crippen LogP contribution in [0, 0.1) is 0 Å². The number of likely N-dealkylation sites (tertiary alicyclic amines) is 1. The summed E-state index contributed by atoms with van der Waals surface area (Å²) in [5.74, 6) is 0.756. The van der Waals surface area contributed by atoms with E-state index in [1.807, 2.05) is 48.5 Å². The molecule has 172 valence electrons. The van der Waals surface area contributed by atoms with E-state index in [1.54, 1.807) is 7.11 Å². The average molecular weight is 458 g/mol. The van der Waals surface area contributed by atoms with Crippen molar-refractivity contribution in [2.24, 2.45) is 0 Å². The van der Waals surface area contributed by atoms with Crippen LogP contribution in [-0.4, -0.2) is 52.0 Å². The smallest absolute Gasteiger partial charge is 0.233 e. The van der Waals surface area contributed by atoms with Crippen LogP contribution in [0.25, 0.3) is 6.08 Å². The summed E-state index contributed by atoms with van der Waals surface area (Å²) in [7, 11) is -1.90. The summed E-state index contributed by atoms with van der Waals surface area (Å²) in [6.07, 6.45) is 3.37. The molecule has 1 amide bonds. The lowest BCUT2D eigenvalue weighted by atomic mass is 10.0. The Morgan fingerprint density at radius 1 is 1.09 bits per heavy atom. The number of hydrogen-bond acceptors (Lipinski definition) is 5. The van der Waals surface area contributed by atoms with E-state index in [2.05, 4.69) is 21.0 Å². The number of amides is 1. The SMILES string of the molecule is COc1ccccc1CN1CCC(NC(=O)CCNS(=O)(=O)/C=C/c2ccccc2)CC1. The number of methoxy groups -OCH3 is 1. The minimum atomic E-state index is -3.58. The standard InChI is InChI=1S/C24H31N3O4S/c1-31-23-10-6-5-9-21(23)19-27-16-12-22(13-17-27)26-24(28)11-15-25-32(29,30)18-14-20-7-3-2-4-8-20/h2-10,14,18,22,25H,11-13,15-17,19H2,1H3,(H,26,28)/b18-14+. The van der Waals surface area contributed by atoms with Crippen LogP contribution in [0.5, 0.6) is 5.75 Å². The highest BCUT2D eigenvalue weighted by molar-refractivity contribution is 7.92. The van der Waals surface area contributed by atoms with Crippen LogP contribution in [-0.2, 0) is 21.4 Å². The number of nitrogens with one attached hydrogen (secondary N) is 2. The van der Waals surface area contributed by atoms with Crippen LogP contribution >= 0.6 is 0 Å². The molecule has 0 atom stereocenters. The van der Waals surface area contributed by atoms with Gasteiger partial charge in [-0.3, -0.25) is 9.69 Å². The van der Waals surface area contributed by atoms with Crippen LogP contribution in [0.4, 0.5) is 0 Å². The van der Waals surface area contributed by atoms with E-state index in [4.69, 9.17) is 4.74 Å². The Balaban J connectivity index is 1.36. The Morgan fingerprint density at radius 3 is 2.50 bits per heavy atom. The lowest BCUT2D eigenvalue weighted by Crippen LogP contribution is -2.44. The van der Waals surface area contributed by atoms with Crippen molar-refractivity contribution in [1.82, 2.24) is 14.9 Å². The van der Waals surface area contributed by atoms with Gasteiger partial charge in [0.15, 0.2) is 0 Å². The third-order valence-electron chi connectivity index (χ3n) is 5.43. The molecule has 8 heteroatoms. The molecule has 1 saturated heterocycles. The topological polar surface area (TPSA) is 87.7 Å². The second kappa shape index (κ2) is 11.8. The van der Waals surface area contributed by atoms with Crippen LogP contribution in [0.15, 0.2) is 60.0 Å². The monoisotopic (exact) mass is 457 g/mol. The van der Waals surface area contributed by atoms with Gasteiger partial charge >= 0.3 is 0 Å². The maximum absolute atomic E-state index is 12.2. The van der Waals surface area contributed by atoms with E-state index in [0.717, 1.165) is 54.8 Å². The molecule has 32 heavy (non-hydrogen) atoms. The molecule has 0 spiro atoms. The Hall–Kier alpha value is -2.68. The number of nitrogens with zero attached hydrogens (tertiary/aromatic N) is 1. The number of carbonyl (C=O) groups is 1. The van der Waals surface area contributed by atoms with E-state index < -0.39 is 10.0 Å². The van der Waals surface area contributed by atoms with Gasteiger partial charge in [0.25, 0.3) is 0 Å². The molecule has 0 radical (unpaired) electrons. The maximum Gasteiger partial charge on any atom is 0.233 e. The number of benzene rings is 2. The van der Waals surface area contributed by atoms with Gasteiger partial charge in [-0.1, -0.05) is 48.5 Å². The Morgan fingerprint density at radius 2 is 1.78 bits per heavy atom. The normalized spacial score (nSPS) is 15.7. The van der Waals surface area contributed by atoms with Gasteiger partial charge in [0, 0.05) is 49.6 Å². The van der Waals surface area contributed by atoms with E-state index in [-0.39, 0.29) is 24.9 Å². The van der Waals surface area contributed by atoms with Crippen molar-refractivity contribution < 1.29 is 17.9 Å². The Labute approximate surface area is 190 Å². The fourth-order valence-corrected chi connectivity index (χ4v) is 4.52. The molecule has 2 aromatic rings. The van der Waals surface area contributed by atoms with Crippen molar-refractivity contribution in [2.75, 3.05) is 26.7 Å². The van der Waals surface area contributed by atoms with Gasteiger partial charge in [0.1, 0.15) is 5.75 Å². The molecule has 3 rings (SSSR count). The van der Waals surface area contributed by atoms with Gasteiger partial charge in [-0.05, 0) is 30.5 Å². The number of piperidine rings is 1. The number of carbonyl (C=O) groups excluding carboxylic acids is 1. The molecule has 0 bridgehead atoms. The van der Waals surface area contributed by atoms with Crippen molar-refractivity contribution >= 4 is 22.0 Å². The van der Waals surface area contributed by atoms with Gasteiger partial charge in [-0.25, -0.2) is 13.1 Å². The summed E-state index contributed by atoms with van der Waals surface area (Å²) in [6, 6.07) is 17.3. The predicted molar refractivity (Wildman–Crippen MR) is 126 cm³/mol. The molecule has 2 N–H and O–H groups in total. The summed E-state index contributed by atoms with van der Waals surface area (Å²) >= 11 is 0. The molecule has 1 aliphatic heterocycles. The Kier molecular flexibility index (Phi) is 8.84. The number of para-hydroxylation sites is 1. The van der Waals surface area contributed by atoms with Gasteiger partial charge < -0.3 is 10.1 Å². The van der Waals surface area contributed by atoms with Crippen molar-refractivity contribution in [3.63, 3.8) is 0 Å². The van der Waals surface area contributed by atoms with Crippen LogP contribution in [0.1, 0.15) is 30.4 Å². The van der Waals surface area contributed by atoms with Crippen molar-refractivity contribution in [3.05, 3.63) is 71.1 Å². The lowest BCUT2D eigenvalue weighted by molar-refractivity contribution is -0.121. The summed E-state index contributed by atoms with van der Waals surface area (Å²) in [5, 5.41) is 4.15. The molecule has 0 unspecified atom stereocenters. The first-order valence-electron chi connectivity index (χ1n) is 10.8. The molecule has 0 saturated carbocycles. The zero-order valence-corrected chi connectivity index (χ0v) is 19.2. The zero-order chi connectivity index (χ0) is 22.8. The molecular weight excluding hydrogens is 426 g/mol. The molecule has 0 aliphatic carbocycles. The minimum Gasteiger partial charge on any atom is -0.496 e. The molecular formula is C24H31N3O4S. The van der Waals surface area contributed by atoms with Gasteiger partial charge in [0.05, 0.1) is 7.11 Å². The molecule has 0 aromatic heterocycles. The number of sulfonamides is 1. The number of rotatable bonds is 10. The van der Waals surface area contributed by atoms with E-state index in [1.165, 1.54) is 6.08 Å². The van der Waals surface area contributed by atoms with Crippen molar-refractivity contribution in [1.29, 1.82) is 0 Å². The first kappa shape index (κ1) is 24.0. The predicted octanol–water partition coefficient (Wildman–Crippen LogP) is 2.76. The highest BCUT2D eigenvalue weighted by Gasteiger charge is 2.21. The third-order valence-corrected chi connectivity index (χ3v) is 6.53. The first-order chi connectivity index (χ1) is 15.4. The second-order valence-corrected chi connectivity index (χ2v) is 9.48. The molecule has 7 nitrogen and oxygen atoms in total. The van der Waals surface area contributed by atoms with Crippen LogP contribution in [0.2, 0.25) is 0 Å². The first-order valence-corrected chi connectivity index (χ1v) is 12.4. The Bertz CT molecular complexity index is 1000. The highest BCUT2D eigenvalue weighted by Crippen LogP contribution is 2.21. The summed E-state index contributed by atoms with van der Waals surface area (Å²) in [6.45, 7) is 2.67. The fraction of sp³-hybridized carbons (Fsp3) is 0.375. The zero-order valence-electron chi connectivity index (χ0n) is 18.4. The molecule has 1 fully saturated rings. The van der Waals surface area contributed by atoms with Gasteiger partial charge in [0.2, 0.25) is 15.9 Å². The number of ether oxygens (including phenoxy) is 1. The number of hydrogen-bond donors (Lipinski definition) is 2. The fourth-order valence-electron chi connectivity index (χ4n) is 3.70. The van der Waals surface area contributed by atoms with Crippen LogP contribution < -0.4 is 14.8 Å². The van der Waals surface area contributed by atoms with Gasteiger partial charge in [-0.2, -0.15) is 0 Å². The summed E-state index contributed by atoms with van der Waals surface area (Å²) in [5.41, 5.74) is 1.96. The summed E-state index contributed by atoms with van der Waals surface area (Å²) < 4.78 is 32.0. The van der Waals surface area contributed by atoms with Gasteiger partial charge in [-0.15, -0.1) is 0 Å². The second-order valence-electron chi connectivity index (χ2n) is 7.83. The van der Waals surface area contributed by atoms with E-state index in [0.29, 0.717) is 0 Å².